The molecule has 3 nitrogen and oxygen atoms in total. The van der Waals surface area contributed by atoms with Crippen LogP contribution in [-0.2, 0) is 6.42 Å². The second-order valence-corrected chi connectivity index (χ2v) is 3.32. The van der Waals surface area contributed by atoms with Crippen LogP contribution >= 0.6 is 0 Å². The maximum Gasteiger partial charge on any atom is 0.0669 e. The van der Waals surface area contributed by atoms with E-state index in [1.54, 1.807) is 0 Å². The zero-order valence-corrected chi connectivity index (χ0v) is 8.33. The van der Waals surface area contributed by atoms with Gasteiger partial charge in [-0.2, -0.15) is 5.26 Å². The van der Waals surface area contributed by atoms with Crippen molar-refractivity contribution in [3.8, 4) is 6.07 Å². The predicted molar refractivity (Wildman–Crippen MR) is 57.9 cm³/mol. The van der Waals surface area contributed by atoms with E-state index in [1.165, 1.54) is 0 Å². The standard InChI is InChI=1S/C11H15N3/c1-9(8-13)14-11-4-2-3-10(7-11)5-6-12/h2-4,7,9,14H,5,8,13H2,1H3. The molecule has 0 saturated heterocycles. The Morgan fingerprint density at radius 1 is 1.57 bits per heavy atom. The van der Waals surface area contributed by atoms with Crippen molar-refractivity contribution >= 4 is 5.69 Å². The zero-order chi connectivity index (χ0) is 10.4. The summed E-state index contributed by atoms with van der Waals surface area (Å²) in [4.78, 5) is 0. The van der Waals surface area contributed by atoms with Crippen LogP contribution in [0.5, 0.6) is 0 Å². The summed E-state index contributed by atoms with van der Waals surface area (Å²) in [5, 5.41) is 11.8. The Balaban J connectivity index is 2.69. The second-order valence-electron chi connectivity index (χ2n) is 3.32. The molecule has 1 atom stereocenters. The van der Waals surface area contributed by atoms with E-state index in [4.69, 9.17) is 11.0 Å². The summed E-state index contributed by atoms with van der Waals surface area (Å²) in [5.74, 6) is 0. The minimum atomic E-state index is 0.257. The molecule has 1 rings (SSSR count). The zero-order valence-electron chi connectivity index (χ0n) is 8.33. The van der Waals surface area contributed by atoms with Crippen LogP contribution in [0, 0.1) is 11.3 Å². The maximum absolute atomic E-state index is 8.55. The van der Waals surface area contributed by atoms with E-state index in [0.717, 1.165) is 11.3 Å². The Hall–Kier alpha value is -1.53. The largest absolute Gasteiger partial charge is 0.381 e. The van der Waals surface area contributed by atoms with Crippen molar-refractivity contribution in [2.75, 3.05) is 11.9 Å². The average Bonchev–Trinajstić information content (AvgIpc) is 2.19. The van der Waals surface area contributed by atoms with Gasteiger partial charge in [-0.1, -0.05) is 12.1 Å². The number of nitrogens with zero attached hydrogens (tertiary/aromatic N) is 1. The van der Waals surface area contributed by atoms with Crippen LogP contribution in [-0.4, -0.2) is 12.6 Å². The molecule has 0 saturated carbocycles. The smallest absolute Gasteiger partial charge is 0.0669 e. The molecule has 1 unspecified atom stereocenters. The van der Waals surface area contributed by atoms with Gasteiger partial charge in [0.1, 0.15) is 0 Å². The van der Waals surface area contributed by atoms with Crippen molar-refractivity contribution < 1.29 is 0 Å². The number of benzene rings is 1. The van der Waals surface area contributed by atoms with Crippen LogP contribution in [0.15, 0.2) is 24.3 Å². The van der Waals surface area contributed by atoms with E-state index in [1.807, 2.05) is 31.2 Å². The first-order valence-electron chi connectivity index (χ1n) is 4.68. The molecule has 0 fully saturated rings. The normalized spacial score (nSPS) is 11.8. The second kappa shape index (κ2) is 5.25. The molecule has 3 heteroatoms. The number of hydrogen-bond acceptors (Lipinski definition) is 3. The number of anilines is 1. The van der Waals surface area contributed by atoms with Gasteiger partial charge in [-0.15, -0.1) is 0 Å². The molecular formula is C11H15N3. The van der Waals surface area contributed by atoms with Crippen molar-refractivity contribution in [1.82, 2.24) is 0 Å². The minimum Gasteiger partial charge on any atom is -0.381 e. The summed E-state index contributed by atoms with van der Waals surface area (Å²) in [5.41, 5.74) is 7.55. The van der Waals surface area contributed by atoms with E-state index in [2.05, 4.69) is 11.4 Å². The lowest BCUT2D eigenvalue weighted by molar-refractivity contribution is 0.804. The summed E-state index contributed by atoms with van der Waals surface area (Å²) in [6.07, 6.45) is 0.451. The monoisotopic (exact) mass is 189 g/mol. The molecule has 3 N–H and O–H groups in total. The lowest BCUT2D eigenvalue weighted by Gasteiger charge is -2.13. The van der Waals surface area contributed by atoms with Gasteiger partial charge in [-0.3, -0.25) is 0 Å². The highest BCUT2D eigenvalue weighted by molar-refractivity contribution is 5.46. The highest BCUT2D eigenvalue weighted by Crippen LogP contribution is 2.11. The van der Waals surface area contributed by atoms with Crippen molar-refractivity contribution in [3.63, 3.8) is 0 Å². The van der Waals surface area contributed by atoms with Gasteiger partial charge in [0.15, 0.2) is 0 Å². The van der Waals surface area contributed by atoms with Crippen LogP contribution in [0.4, 0.5) is 5.69 Å². The Morgan fingerprint density at radius 2 is 2.36 bits per heavy atom. The Kier molecular flexibility index (Phi) is 3.96. The quantitative estimate of drug-likeness (QED) is 0.754. The van der Waals surface area contributed by atoms with Crippen molar-refractivity contribution in [2.24, 2.45) is 5.73 Å². The summed E-state index contributed by atoms with van der Waals surface area (Å²) in [6.45, 7) is 2.62. The van der Waals surface area contributed by atoms with Crippen LogP contribution in [0.3, 0.4) is 0 Å². The number of hydrogen-bond donors (Lipinski definition) is 2. The molecule has 1 aromatic carbocycles. The molecule has 0 amide bonds. The number of nitrogens with two attached hydrogens (primary N) is 1. The first-order valence-corrected chi connectivity index (χ1v) is 4.68. The average molecular weight is 189 g/mol. The van der Waals surface area contributed by atoms with Gasteiger partial charge in [-0.25, -0.2) is 0 Å². The van der Waals surface area contributed by atoms with Crippen molar-refractivity contribution in [1.29, 1.82) is 5.26 Å². The summed E-state index contributed by atoms with van der Waals surface area (Å²) < 4.78 is 0. The molecule has 74 valence electrons. The van der Waals surface area contributed by atoms with Gasteiger partial charge in [0.25, 0.3) is 0 Å². The first kappa shape index (κ1) is 10.6. The molecule has 0 aromatic heterocycles. The molecule has 0 aliphatic heterocycles. The lowest BCUT2D eigenvalue weighted by atomic mass is 10.1. The number of nitriles is 1. The van der Waals surface area contributed by atoms with Crippen molar-refractivity contribution in [3.05, 3.63) is 29.8 Å². The number of nitrogens with one attached hydrogen (secondary N) is 1. The molecule has 14 heavy (non-hydrogen) atoms. The van der Waals surface area contributed by atoms with Crippen molar-refractivity contribution in [2.45, 2.75) is 19.4 Å². The highest BCUT2D eigenvalue weighted by Gasteiger charge is 1.99. The van der Waals surface area contributed by atoms with Gasteiger partial charge in [0, 0.05) is 18.3 Å². The van der Waals surface area contributed by atoms with Crippen LogP contribution in [0.1, 0.15) is 12.5 Å². The van der Waals surface area contributed by atoms with E-state index in [0.29, 0.717) is 13.0 Å². The molecular weight excluding hydrogens is 174 g/mol. The van der Waals surface area contributed by atoms with Crippen LogP contribution in [0.25, 0.3) is 0 Å². The fourth-order valence-electron chi connectivity index (χ4n) is 1.21. The SMILES string of the molecule is CC(CN)Nc1cccc(CC#N)c1. The Bertz CT molecular complexity index is 328. The van der Waals surface area contributed by atoms with E-state index >= 15 is 0 Å². The molecule has 0 heterocycles. The highest BCUT2D eigenvalue weighted by atomic mass is 14.9. The third-order valence-electron chi connectivity index (χ3n) is 1.98. The molecule has 0 spiro atoms. The number of rotatable bonds is 4. The maximum atomic E-state index is 8.55. The molecule has 1 aromatic rings. The Labute approximate surface area is 84.5 Å². The van der Waals surface area contributed by atoms with E-state index in [9.17, 15) is 0 Å². The lowest BCUT2D eigenvalue weighted by Crippen LogP contribution is -2.25. The van der Waals surface area contributed by atoms with Crippen LogP contribution in [0.2, 0.25) is 0 Å². The molecule has 0 bridgehead atoms. The third kappa shape index (κ3) is 3.08. The third-order valence-corrected chi connectivity index (χ3v) is 1.98. The van der Waals surface area contributed by atoms with Gasteiger partial charge in [0.05, 0.1) is 12.5 Å². The van der Waals surface area contributed by atoms with Gasteiger partial charge < -0.3 is 11.1 Å². The molecule has 0 aliphatic carbocycles. The van der Waals surface area contributed by atoms with Gasteiger partial charge in [0.2, 0.25) is 0 Å². The first-order chi connectivity index (χ1) is 6.76. The minimum absolute atomic E-state index is 0.257. The Morgan fingerprint density at radius 3 is 3.00 bits per heavy atom. The van der Waals surface area contributed by atoms with Gasteiger partial charge >= 0.3 is 0 Å². The van der Waals surface area contributed by atoms with Crippen LogP contribution < -0.4 is 11.1 Å². The van der Waals surface area contributed by atoms with Gasteiger partial charge in [-0.05, 0) is 24.6 Å². The summed E-state index contributed by atoms with van der Waals surface area (Å²) >= 11 is 0. The van der Waals surface area contributed by atoms with E-state index < -0.39 is 0 Å². The predicted octanol–water partition coefficient (Wildman–Crippen LogP) is 1.51. The topological polar surface area (TPSA) is 61.8 Å². The molecule has 0 aliphatic rings. The fourth-order valence-corrected chi connectivity index (χ4v) is 1.21. The van der Waals surface area contributed by atoms with E-state index in [-0.39, 0.29) is 6.04 Å². The fraction of sp³-hybridized carbons (Fsp3) is 0.364. The molecule has 0 radical (unpaired) electrons. The summed E-state index contributed by atoms with van der Waals surface area (Å²) in [7, 11) is 0. The summed E-state index contributed by atoms with van der Waals surface area (Å²) in [6, 6.07) is 10.2.